The molecule has 2 aromatic heterocycles. The molecular weight excluding hydrogens is 378 g/mol. The summed E-state index contributed by atoms with van der Waals surface area (Å²) in [5.74, 6) is -1.28. The zero-order chi connectivity index (χ0) is 20.8. The fraction of sp³-hybridized carbons (Fsp3) is 0.333. The number of benzene rings is 1. The summed E-state index contributed by atoms with van der Waals surface area (Å²) in [6.07, 6.45) is 5.88. The van der Waals surface area contributed by atoms with E-state index in [-0.39, 0.29) is 18.6 Å². The minimum atomic E-state index is -0.537. The first-order valence-electron chi connectivity index (χ1n) is 9.53. The summed E-state index contributed by atoms with van der Waals surface area (Å²) < 4.78 is 25.6. The van der Waals surface area contributed by atoms with Crippen molar-refractivity contribution in [1.82, 2.24) is 14.9 Å². The van der Waals surface area contributed by atoms with E-state index in [0.717, 1.165) is 30.4 Å². The number of carbonyl (C=O) groups is 1. The van der Waals surface area contributed by atoms with Gasteiger partial charge in [0.25, 0.3) is 5.91 Å². The van der Waals surface area contributed by atoms with Crippen molar-refractivity contribution in [3.63, 3.8) is 0 Å². The second-order valence-corrected chi connectivity index (χ2v) is 6.96. The number of rotatable bonds is 4. The maximum atomic E-state index is 12.2. The smallest absolute Gasteiger partial charge is 0.255 e. The number of halogens is 2. The van der Waals surface area contributed by atoms with Crippen LogP contribution >= 0.6 is 0 Å². The summed E-state index contributed by atoms with van der Waals surface area (Å²) in [6, 6.07) is 8.33. The highest BCUT2D eigenvalue weighted by molar-refractivity contribution is 6.01. The van der Waals surface area contributed by atoms with Gasteiger partial charge in [-0.05, 0) is 44.0 Å². The second kappa shape index (κ2) is 9.47. The van der Waals surface area contributed by atoms with Crippen LogP contribution in [0.3, 0.4) is 0 Å². The van der Waals surface area contributed by atoms with E-state index >= 15 is 0 Å². The molecule has 0 saturated carbocycles. The van der Waals surface area contributed by atoms with Gasteiger partial charge in [-0.25, -0.2) is 13.3 Å². The summed E-state index contributed by atoms with van der Waals surface area (Å²) in [7, 11) is 0. The van der Waals surface area contributed by atoms with E-state index in [4.69, 9.17) is 5.11 Å². The first-order chi connectivity index (χ1) is 14.0. The van der Waals surface area contributed by atoms with Gasteiger partial charge in [0.1, 0.15) is 11.6 Å². The van der Waals surface area contributed by atoms with E-state index in [1.54, 1.807) is 17.6 Å². The molecule has 1 fully saturated rings. The summed E-state index contributed by atoms with van der Waals surface area (Å²) in [6.45, 7) is 3.81. The fourth-order valence-corrected chi connectivity index (χ4v) is 3.12. The van der Waals surface area contributed by atoms with Gasteiger partial charge < -0.3 is 15.3 Å². The Bertz CT molecular complexity index is 953. The van der Waals surface area contributed by atoms with Crippen molar-refractivity contribution in [1.29, 1.82) is 0 Å². The lowest BCUT2D eigenvalue weighted by Crippen LogP contribution is -2.34. The van der Waals surface area contributed by atoms with E-state index in [1.165, 1.54) is 31.0 Å². The number of pyridine rings is 1. The number of carbonyl (C=O) groups excluding carboxylic acids is 1. The van der Waals surface area contributed by atoms with Gasteiger partial charge in [0.15, 0.2) is 0 Å². The molecule has 1 aromatic carbocycles. The summed E-state index contributed by atoms with van der Waals surface area (Å²) in [4.78, 5) is 14.6. The molecule has 6 nitrogen and oxygen atoms in total. The van der Waals surface area contributed by atoms with Crippen molar-refractivity contribution < 1.29 is 18.7 Å². The van der Waals surface area contributed by atoms with E-state index in [9.17, 15) is 13.6 Å². The third kappa shape index (κ3) is 5.29. The molecule has 2 N–H and O–H groups in total. The molecule has 0 spiro atoms. The van der Waals surface area contributed by atoms with Gasteiger partial charge in [0, 0.05) is 37.1 Å². The zero-order valence-corrected chi connectivity index (χ0v) is 16.2. The number of anilines is 1. The lowest BCUT2D eigenvalue weighted by atomic mass is 10.2. The molecule has 8 heteroatoms. The molecule has 1 unspecified atom stereocenters. The highest BCUT2D eigenvalue weighted by Gasteiger charge is 2.17. The molecule has 1 saturated heterocycles. The lowest BCUT2D eigenvalue weighted by Gasteiger charge is -2.17. The van der Waals surface area contributed by atoms with Gasteiger partial charge in [-0.1, -0.05) is 6.07 Å². The van der Waals surface area contributed by atoms with Crippen molar-refractivity contribution >= 4 is 17.1 Å². The number of aliphatic hydroxyl groups excluding tert-OH is 1. The Labute approximate surface area is 167 Å². The molecule has 0 bridgehead atoms. The van der Waals surface area contributed by atoms with Crippen LogP contribution in [0.4, 0.5) is 14.5 Å². The van der Waals surface area contributed by atoms with Crippen LogP contribution in [0.2, 0.25) is 0 Å². The van der Waals surface area contributed by atoms with Crippen LogP contribution in [0.5, 0.6) is 0 Å². The minimum Gasteiger partial charge on any atom is -0.394 e. The first kappa shape index (κ1) is 20.7. The number of nitrogens with one attached hydrogen (secondary N) is 1. The molecule has 0 radical (unpaired) electrons. The van der Waals surface area contributed by atoms with Crippen LogP contribution in [0.1, 0.15) is 30.1 Å². The van der Waals surface area contributed by atoms with Crippen LogP contribution in [0.15, 0.2) is 48.8 Å². The normalized spacial score (nSPS) is 14.4. The molecule has 1 aliphatic rings. The monoisotopic (exact) mass is 402 g/mol. The Balaban J connectivity index is 0.000000252. The molecule has 1 amide bonds. The quantitative estimate of drug-likeness (QED) is 0.704. The maximum absolute atomic E-state index is 12.2. The zero-order valence-electron chi connectivity index (χ0n) is 16.2. The van der Waals surface area contributed by atoms with E-state index in [0.29, 0.717) is 5.56 Å². The number of amides is 1. The molecule has 29 heavy (non-hydrogen) atoms. The maximum Gasteiger partial charge on any atom is 0.255 e. The molecule has 1 atom stereocenters. The number of hydrogen-bond acceptors (Lipinski definition) is 4. The van der Waals surface area contributed by atoms with Gasteiger partial charge in [0.2, 0.25) is 0 Å². The Morgan fingerprint density at radius 1 is 1.21 bits per heavy atom. The SMILES string of the molecule is CC(CO)NC(=O)c1cnn2ccc(N3CCCC3)cc12.Fc1cccc(F)c1. The van der Waals surface area contributed by atoms with Crippen molar-refractivity contribution in [2.75, 3.05) is 24.6 Å². The molecule has 3 aromatic rings. The van der Waals surface area contributed by atoms with Crippen molar-refractivity contribution in [3.05, 3.63) is 66.0 Å². The van der Waals surface area contributed by atoms with E-state index < -0.39 is 11.6 Å². The second-order valence-electron chi connectivity index (χ2n) is 6.96. The first-order valence-corrected chi connectivity index (χ1v) is 9.53. The largest absolute Gasteiger partial charge is 0.394 e. The van der Waals surface area contributed by atoms with Crippen LogP contribution in [0, 0.1) is 11.6 Å². The number of nitrogens with zero attached hydrogens (tertiary/aromatic N) is 3. The van der Waals surface area contributed by atoms with Gasteiger partial charge in [0.05, 0.1) is 23.9 Å². The molecule has 3 heterocycles. The van der Waals surface area contributed by atoms with Crippen molar-refractivity contribution in [2.45, 2.75) is 25.8 Å². The van der Waals surface area contributed by atoms with E-state index in [1.807, 2.05) is 18.3 Å². The molecule has 154 valence electrons. The van der Waals surface area contributed by atoms with Gasteiger partial charge >= 0.3 is 0 Å². The van der Waals surface area contributed by atoms with Crippen LogP contribution < -0.4 is 10.2 Å². The molecule has 0 aliphatic carbocycles. The van der Waals surface area contributed by atoms with Gasteiger partial charge in [-0.15, -0.1) is 0 Å². The highest BCUT2D eigenvalue weighted by atomic mass is 19.1. The van der Waals surface area contributed by atoms with Crippen molar-refractivity contribution in [3.8, 4) is 0 Å². The third-order valence-electron chi connectivity index (χ3n) is 4.66. The summed E-state index contributed by atoms with van der Waals surface area (Å²) >= 11 is 0. The third-order valence-corrected chi connectivity index (χ3v) is 4.66. The average molecular weight is 402 g/mol. The van der Waals surface area contributed by atoms with Crippen LogP contribution in [-0.4, -0.2) is 46.4 Å². The average Bonchev–Trinajstić information content (AvgIpc) is 3.37. The van der Waals surface area contributed by atoms with Gasteiger partial charge in [-0.3, -0.25) is 4.79 Å². The number of aromatic nitrogens is 2. The molecule has 1 aliphatic heterocycles. The fourth-order valence-electron chi connectivity index (χ4n) is 3.12. The molecular formula is C21H24F2N4O2. The minimum absolute atomic E-state index is 0.0794. The van der Waals surface area contributed by atoms with Crippen LogP contribution in [0.25, 0.3) is 5.52 Å². The number of aliphatic hydroxyl groups is 1. The Hall–Kier alpha value is -3.00. The van der Waals surface area contributed by atoms with Gasteiger partial charge in [-0.2, -0.15) is 5.10 Å². The number of fused-ring (bicyclic) bond motifs is 1. The Kier molecular flexibility index (Phi) is 6.77. The Morgan fingerprint density at radius 2 is 1.90 bits per heavy atom. The molecule has 4 rings (SSSR count). The lowest BCUT2D eigenvalue weighted by molar-refractivity contribution is 0.0924. The predicted octanol–water partition coefficient (Wildman–Crippen LogP) is 3.01. The van der Waals surface area contributed by atoms with E-state index in [2.05, 4.69) is 15.3 Å². The standard InChI is InChI=1S/C15H20N4O2.C6H4F2/c1-11(10-20)17-15(21)13-9-16-19-7-4-12(8-14(13)19)18-5-2-3-6-18;7-5-2-1-3-6(8)4-5/h4,7-9,11,20H,2-3,5-6,10H2,1H3,(H,17,21);1-4H. The Morgan fingerprint density at radius 3 is 2.48 bits per heavy atom. The summed E-state index contributed by atoms with van der Waals surface area (Å²) in [5, 5.41) is 16.0. The highest BCUT2D eigenvalue weighted by Crippen LogP contribution is 2.23. The topological polar surface area (TPSA) is 69.9 Å². The van der Waals surface area contributed by atoms with Crippen LogP contribution in [-0.2, 0) is 0 Å². The van der Waals surface area contributed by atoms with Crippen molar-refractivity contribution in [2.24, 2.45) is 0 Å². The summed E-state index contributed by atoms with van der Waals surface area (Å²) in [5.41, 5.74) is 2.46. The predicted molar refractivity (Wildman–Crippen MR) is 107 cm³/mol. The number of hydrogen-bond donors (Lipinski definition) is 2.